The molecule has 1 atom stereocenters. The molecule has 2 aromatic heterocycles. The lowest BCUT2D eigenvalue weighted by Gasteiger charge is -2.32. The number of aromatic amines is 1. The molecular weight excluding hydrogens is 284 g/mol. The van der Waals surface area contributed by atoms with Crippen molar-refractivity contribution in [3.8, 4) is 0 Å². The molecule has 1 aliphatic heterocycles. The van der Waals surface area contributed by atoms with E-state index in [0.717, 1.165) is 18.8 Å². The Hall–Kier alpha value is -2.07. The minimum Gasteiger partial charge on any atom is -0.361 e. The lowest BCUT2D eigenvalue weighted by molar-refractivity contribution is 0.195. The molecular formula is C19H24N4. The summed E-state index contributed by atoms with van der Waals surface area (Å²) in [6.07, 6.45) is 6.64. The van der Waals surface area contributed by atoms with Crippen LogP contribution in [0, 0.1) is 6.92 Å². The second-order valence-corrected chi connectivity index (χ2v) is 6.82. The molecule has 4 heteroatoms. The smallest absolute Gasteiger partial charge is 0.113 e. The van der Waals surface area contributed by atoms with E-state index in [1.165, 1.54) is 41.7 Å². The zero-order chi connectivity index (χ0) is 15.8. The van der Waals surface area contributed by atoms with Gasteiger partial charge in [-0.15, -0.1) is 0 Å². The van der Waals surface area contributed by atoms with Gasteiger partial charge in [0.05, 0.1) is 5.69 Å². The Bertz CT molecular complexity index is 814. The third kappa shape index (κ3) is 2.91. The van der Waals surface area contributed by atoms with E-state index in [1.54, 1.807) is 0 Å². The van der Waals surface area contributed by atoms with Crippen LogP contribution in [0.4, 0.5) is 0 Å². The number of fused-ring (bicyclic) bond motifs is 1. The van der Waals surface area contributed by atoms with E-state index < -0.39 is 0 Å². The monoisotopic (exact) mass is 308 g/mol. The second-order valence-electron chi connectivity index (χ2n) is 6.82. The first-order valence-corrected chi connectivity index (χ1v) is 8.47. The van der Waals surface area contributed by atoms with Crippen molar-refractivity contribution in [2.45, 2.75) is 32.2 Å². The fourth-order valence-electron chi connectivity index (χ4n) is 3.88. The van der Waals surface area contributed by atoms with Crippen LogP contribution >= 0.6 is 0 Å². The summed E-state index contributed by atoms with van der Waals surface area (Å²) in [4.78, 5) is 10.6. The molecule has 1 N–H and O–H groups in total. The number of aromatic nitrogens is 3. The fraction of sp³-hybridized carbons (Fsp3) is 0.421. The molecule has 0 radical (unpaired) electrons. The van der Waals surface area contributed by atoms with Crippen LogP contribution in [-0.2, 0) is 13.6 Å². The Labute approximate surface area is 137 Å². The molecule has 1 fully saturated rings. The first-order chi connectivity index (χ1) is 11.2. The molecule has 23 heavy (non-hydrogen) atoms. The SMILES string of the molecule is Cc1cn(C)c(C2CCCN(Cc3ccc4[nH]ccc4c3)C2)n1. The lowest BCUT2D eigenvalue weighted by atomic mass is 9.96. The molecule has 0 saturated carbocycles. The van der Waals surface area contributed by atoms with Crippen LogP contribution < -0.4 is 0 Å². The topological polar surface area (TPSA) is 36.9 Å². The van der Waals surface area contributed by atoms with Crippen LogP contribution in [0.1, 0.15) is 35.8 Å². The Morgan fingerprint density at radius 3 is 3.04 bits per heavy atom. The highest BCUT2D eigenvalue weighted by molar-refractivity contribution is 5.79. The predicted molar refractivity (Wildman–Crippen MR) is 93.5 cm³/mol. The number of rotatable bonds is 3. The molecule has 1 aromatic carbocycles. The number of benzene rings is 1. The normalized spacial score (nSPS) is 19.5. The van der Waals surface area contributed by atoms with Gasteiger partial charge in [-0.1, -0.05) is 6.07 Å². The summed E-state index contributed by atoms with van der Waals surface area (Å²) in [5.74, 6) is 1.80. The average molecular weight is 308 g/mol. The van der Waals surface area contributed by atoms with Crippen molar-refractivity contribution < 1.29 is 0 Å². The van der Waals surface area contributed by atoms with E-state index in [2.05, 4.69) is 58.9 Å². The molecule has 3 aromatic rings. The van der Waals surface area contributed by atoms with Gasteiger partial charge in [-0.25, -0.2) is 4.98 Å². The first-order valence-electron chi connectivity index (χ1n) is 8.47. The van der Waals surface area contributed by atoms with Crippen LogP contribution in [0.3, 0.4) is 0 Å². The number of imidazole rings is 1. The summed E-state index contributed by atoms with van der Waals surface area (Å²) in [5, 5.41) is 1.30. The highest BCUT2D eigenvalue weighted by Gasteiger charge is 2.24. The minimum absolute atomic E-state index is 0.554. The third-order valence-electron chi connectivity index (χ3n) is 4.93. The zero-order valence-corrected chi connectivity index (χ0v) is 13.9. The molecule has 0 aliphatic carbocycles. The summed E-state index contributed by atoms with van der Waals surface area (Å²) in [7, 11) is 2.12. The number of nitrogens with zero attached hydrogens (tertiary/aromatic N) is 3. The van der Waals surface area contributed by atoms with Crippen LogP contribution in [0.2, 0.25) is 0 Å². The van der Waals surface area contributed by atoms with Gasteiger partial charge in [0.2, 0.25) is 0 Å². The molecule has 4 nitrogen and oxygen atoms in total. The van der Waals surface area contributed by atoms with E-state index in [-0.39, 0.29) is 0 Å². The molecule has 1 unspecified atom stereocenters. The van der Waals surface area contributed by atoms with Crippen molar-refractivity contribution in [3.05, 3.63) is 53.7 Å². The van der Waals surface area contributed by atoms with E-state index in [4.69, 9.17) is 4.98 Å². The molecule has 1 aliphatic rings. The van der Waals surface area contributed by atoms with E-state index >= 15 is 0 Å². The number of hydrogen-bond acceptors (Lipinski definition) is 2. The number of H-pyrrole nitrogens is 1. The van der Waals surface area contributed by atoms with Gasteiger partial charge in [0.15, 0.2) is 0 Å². The molecule has 1 saturated heterocycles. The standard InChI is InChI=1S/C19H24N4/c1-14-11-22(2)19(21-14)17-4-3-9-23(13-17)12-15-5-6-18-16(10-15)7-8-20-18/h5-8,10-11,17,20H,3-4,9,12-13H2,1-2H3. The molecule has 0 amide bonds. The van der Waals surface area contributed by atoms with Crippen LogP contribution in [0.25, 0.3) is 10.9 Å². The quantitative estimate of drug-likeness (QED) is 0.803. The number of likely N-dealkylation sites (tertiary alicyclic amines) is 1. The van der Waals surface area contributed by atoms with Gasteiger partial charge in [0.1, 0.15) is 5.82 Å². The van der Waals surface area contributed by atoms with Crippen molar-refractivity contribution in [1.29, 1.82) is 0 Å². The van der Waals surface area contributed by atoms with Gasteiger partial charge in [-0.3, -0.25) is 4.90 Å². The number of nitrogens with one attached hydrogen (secondary N) is 1. The maximum absolute atomic E-state index is 4.74. The molecule has 120 valence electrons. The van der Waals surface area contributed by atoms with Crippen LogP contribution in [0.5, 0.6) is 0 Å². The van der Waals surface area contributed by atoms with Gasteiger partial charge >= 0.3 is 0 Å². The highest BCUT2D eigenvalue weighted by Crippen LogP contribution is 2.27. The van der Waals surface area contributed by atoms with Crippen LogP contribution in [-0.4, -0.2) is 32.5 Å². The summed E-state index contributed by atoms with van der Waals surface area (Å²) in [6.45, 7) is 5.40. The Morgan fingerprint density at radius 2 is 2.22 bits per heavy atom. The first kappa shape index (κ1) is 14.5. The maximum atomic E-state index is 4.74. The molecule has 0 spiro atoms. The summed E-state index contributed by atoms with van der Waals surface area (Å²) < 4.78 is 2.20. The zero-order valence-electron chi connectivity index (χ0n) is 13.9. The largest absolute Gasteiger partial charge is 0.361 e. The van der Waals surface area contributed by atoms with Crippen molar-refractivity contribution in [2.24, 2.45) is 7.05 Å². The van der Waals surface area contributed by atoms with E-state index in [0.29, 0.717) is 5.92 Å². The predicted octanol–water partition coefficient (Wildman–Crippen LogP) is 3.59. The Kier molecular flexibility index (Phi) is 3.69. The highest BCUT2D eigenvalue weighted by atomic mass is 15.1. The van der Waals surface area contributed by atoms with Gasteiger partial charge in [-0.2, -0.15) is 0 Å². The summed E-state index contributed by atoms with van der Waals surface area (Å²) >= 11 is 0. The van der Waals surface area contributed by atoms with Gasteiger partial charge < -0.3 is 9.55 Å². The average Bonchev–Trinajstić information content (AvgIpc) is 3.13. The number of hydrogen-bond donors (Lipinski definition) is 1. The fourth-order valence-corrected chi connectivity index (χ4v) is 3.88. The number of piperidine rings is 1. The summed E-state index contributed by atoms with van der Waals surface area (Å²) in [6, 6.07) is 8.89. The van der Waals surface area contributed by atoms with Crippen molar-refractivity contribution in [2.75, 3.05) is 13.1 Å². The van der Waals surface area contributed by atoms with Gasteiger partial charge in [0.25, 0.3) is 0 Å². The maximum Gasteiger partial charge on any atom is 0.113 e. The van der Waals surface area contributed by atoms with Crippen molar-refractivity contribution in [3.63, 3.8) is 0 Å². The van der Waals surface area contributed by atoms with Gasteiger partial charge in [0, 0.05) is 44.0 Å². The second kappa shape index (κ2) is 5.85. The van der Waals surface area contributed by atoms with Gasteiger partial charge in [-0.05, 0) is 55.5 Å². The molecule has 4 rings (SSSR count). The Morgan fingerprint density at radius 1 is 1.30 bits per heavy atom. The molecule has 3 heterocycles. The van der Waals surface area contributed by atoms with E-state index in [1.807, 2.05) is 6.20 Å². The van der Waals surface area contributed by atoms with Crippen molar-refractivity contribution >= 4 is 10.9 Å². The number of aryl methyl sites for hydroxylation is 2. The van der Waals surface area contributed by atoms with Crippen molar-refractivity contribution in [1.82, 2.24) is 19.4 Å². The lowest BCUT2D eigenvalue weighted by Crippen LogP contribution is -2.34. The van der Waals surface area contributed by atoms with E-state index in [9.17, 15) is 0 Å². The molecule has 0 bridgehead atoms. The Balaban J connectivity index is 1.49. The van der Waals surface area contributed by atoms with Crippen LogP contribution in [0.15, 0.2) is 36.7 Å². The third-order valence-corrected chi connectivity index (χ3v) is 4.93. The minimum atomic E-state index is 0.554. The summed E-state index contributed by atoms with van der Waals surface area (Å²) in [5.41, 5.74) is 3.74.